The molecule has 1 aliphatic carbocycles. The van der Waals surface area contributed by atoms with E-state index in [2.05, 4.69) is 10.2 Å². The summed E-state index contributed by atoms with van der Waals surface area (Å²) < 4.78 is 39.1. The largest absolute Gasteiger partial charge is 0.417 e. The second-order valence-electron chi connectivity index (χ2n) is 5.77. The standard InChI is InChI=1S/C15H18ClF3N2.2ClH/c16-13-11(2-1-3-12(13)15(17,18)19)14(10-4-5-10)21-8-6-20-7-9-21;;/h1-3,10,14,20H,4-9H2;2*1H/t14-;;/m1../s1. The Morgan fingerprint density at radius 2 is 1.74 bits per heavy atom. The fourth-order valence-electron chi connectivity index (χ4n) is 3.12. The zero-order valence-electron chi connectivity index (χ0n) is 12.4. The van der Waals surface area contributed by atoms with Gasteiger partial charge in [0, 0.05) is 32.2 Å². The monoisotopic (exact) mass is 390 g/mol. The Morgan fingerprint density at radius 3 is 2.26 bits per heavy atom. The van der Waals surface area contributed by atoms with Gasteiger partial charge in [0.2, 0.25) is 0 Å². The first-order valence-electron chi connectivity index (χ1n) is 7.29. The van der Waals surface area contributed by atoms with Crippen LogP contribution in [0.4, 0.5) is 13.2 Å². The number of halogens is 6. The minimum Gasteiger partial charge on any atom is -0.314 e. The number of piperazine rings is 1. The number of benzene rings is 1. The maximum absolute atomic E-state index is 13.0. The van der Waals surface area contributed by atoms with Gasteiger partial charge in [0.05, 0.1) is 10.6 Å². The molecular formula is C15H20Cl3F3N2. The van der Waals surface area contributed by atoms with Gasteiger partial charge >= 0.3 is 6.18 Å². The first kappa shape index (κ1) is 20.8. The molecule has 0 bridgehead atoms. The summed E-state index contributed by atoms with van der Waals surface area (Å²) >= 11 is 6.12. The Labute approximate surface area is 151 Å². The summed E-state index contributed by atoms with van der Waals surface area (Å²) in [6.45, 7) is 3.46. The van der Waals surface area contributed by atoms with Crippen LogP contribution in [0.3, 0.4) is 0 Å². The lowest BCUT2D eigenvalue weighted by atomic mass is 9.97. The molecule has 0 aromatic heterocycles. The Balaban J connectivity index is 0.00000132. The first-order valence-corrected chi connectivity index (χ1v) is 7.66. The molecule has 1 atom stereocenters. The molecule has 2 fully saturated rings. The van der Waals surface area contributed by atoms with Crippen molar-refractivity contribution in [2.75, 3.05) is 26.2 Å². The van der Waals surface area contributed by atoms with Crippen LogP contribution in [0.1, 0.15) is 30.0 Å². The molecule has 1 saturated heterocycles. The SMILES string of the molecule is Cl.Cl.FC(F)(F)c1cccc([C@@H](C2CC2)N2CCNCC2)c1Cl. The van der Waals surface area contributed by atoms with Gasteiger partial charge in [-0.05, 0) is 30.4 Å². The number of hydrogen-bond acceptors (Lipinski definition) is 2. The van der Waals surface area contributed by atoms with Crippen LogP contribution in [-0.2, 0) is 6.18 Å². The van der Waals surface area contributed by atoms with Gasteiger partial charge in [-0.15, -0.1) is 24.8 Å². The Hall–Kier alpha value is -0.200. The van der Waals surface area contributed by atoms with Gasteiger partial charge in [0.1, 0.15) is 0 Å². The minimum absolute atomic E-state index is 0. The molecule has 1 aromatic rings. The molecule has 2 nitrogen and oxygen atoms in total. The molecule has 1 aliphatic heterocycles. The van der Waals surface area contributed by atoms with E-state index in [0.29, 0.717) is 11.5 Å². The van der Waals surface area contributed by atoms with E-state index >= 15 is 0 Å². The number of rotatable bonds is 3. The van der Waals surface area contributed by atoms with Crippen LogP contribution in [0.15, 0.2) is 18.2 Å². The van der Waals surface area contributed by atoms with Gasteiger partial charge in [0.25, 0.3) is 0 Å². The molecule has 1 aromatic carbocycles. The van der Waals surface area contributed by atoms with Crippen molar-refractivity contribution >= 4 is 36.4 Å². The van der Waals surface area contributed by atoms with E-state index in [1.54, 1.807) is 6.07 Å². The maximum atomic E-state index is 13.0. The molecule has 0 unspecified atom stereocenters. The lowest BCUT2D eigenvalue weighted by Crippen LogP contribution is -2.45. The summed E-state index contributed by atoms with van der Waals surface area (Å²) in [6.07, 6.45) is -2.26. The first-order chi connectivity index (χ1) is 9.98. The van der Waals surface area contributed by atoms with Crippen molar-refractivity contribution < 1.29 is 13.2 Å². The summed E-state index contributed by atoms with van der Waals surface area (Å²) in [5, 5.41) is 3.15. The summed E-state index contributed by atoms with van der Waals surface area (Å²) in [6, 6.07) is 4.31. The zero-order chi connectivity index (χ0) is 15.0. The van der Waals surface area contributed by atoms with Gasteiger partial charge in [-0.25, -0.2) is 0 Å². The second kappa shape index (κ2) is 8.26. The Bertz CT molecular complexity index is 515. The lowest BCUT2D eigenvalue weighted by molar-refractivity contribution is -0.137. The quantitative estimate of drug-likeness (QED) is 0.812. The van der Waals surface area contributed by atoms with Crippen LogP contribution in [0, 0.1) is 5.92 Å². The fourth-order valence-corrected chi connectivity index (χ4v) is 3.46. The third kappa shape index (κ3) is 4.67. The number of nitrogens with zero attached hydrogens (tertiary/aromatic N) is 1. The highest BCUT2D eigenvalue weighted by Gasteiger charge is 2.40. The van der Waals surface area contributed by atoms with Crippen LogP contribution in [0.5, 0.6) is 0 Å². The van der Waals surface area contributed by atoms with Crippen molar-refractivity contribution in [2.24, 2.45) is 5.92 Å². The molecule has 1 heterocycles. The molecule has 0 amide bonds. The third-order valence-corrected chi connectivity index (χ3v) is 4.69. The van der Waals surface area contributed by atoms with E-state index < -0.39 is 11.7 Å². The van der Waals surface area contributed by atoms with Gasteiger partial charge in [-0.3, -0.25) is 4.90 Å². The molecule has 1 N–H and O–H groups in total. The highest BCUT2D eigenvalue weighted by atomic mass is 35.5. The normalized spacial score (nSPS) is 20.3. The molecule has 3 rings (SSSR count). The summed E-state index contributed by atoms with van der Waals surface area (Å²) in [5.74, 6) is 0.434. The van der Waals surface area contributed by atoms with Crippen molar-refractivity contribution in [3.63, 3.8) is 0 Å². The molecular weight excluding hydrogens is 372 g/mol. The van der Waals surface area contributed by atoms with Crippen molar-refractivity contribution in [3.05, 3.63) is 34.3 Å². The van der Waals surface area contributed by atoms with E-state index in [1.165, 1.54) is 6.07 Å². The smallest absolute Gasteiger partial charge is 0.314 e. The molecule has 23 heavy (non-hydrogen) atoms. The van der Waals surface area contributed by atoms with Gasteiger partial charge in [0.15, 0.2) is 0 Å². The number of hydrogen-bond donors (Lipinski definition) is 1. The van der Waals surface area contributed by atoms with Crippen molar-refractivity contribution in [1.29, 1.82) is 0 Å². The molecule has 8 heteroatoms. The Kier molecular flexibility index (Phi) is 7.48. The highest BCUT2D eigenvalue weighted by Crippen LogP contribution is 2.48. The van der Waals surface area contributed by atoms with E-state index in [9.17, 15) is 13.2 Å². The second-order valence-corrected chi connectivity index (χ2v) is 6.15. The minimum atomic E-state index is -4.40. The predicted molar refractivity (Wildman–Crippen MR) is 90.9 cm³/mol. The van der Waals surface area contributed by atoms with E-state index in [1.807, 2.05) is 0 Å². The fraction of sp³-hybridized carbons (Fsp3) is 0.600. The van der Waals surface area contributed by atoms with E-state index in [0.717, 1.165) is 45.1 Å². The third-order valence-electron chi connectivity index (χ3n) is 4.27. The number of nitrogens with one attached hydrogen (secondary N) is 1. The zero-order valence-corrected chi connectivity index (χ0v) is 14.8. The number of alkyl halides is 3. The van der Waals surface area contributed by atoms with Crippen LogP contribution >= 0.6 is 36.4 Å². The lowest BCUT2D eigenvalue weighted by Gasteiger charge is -2.36. The van der Waals surface area contributed by atoms with E-state index in [4.69, 9.17) is 11.6 Å². The Morgan fingerprint density at radius 1 is 1.13 bits per heavy atom. The van der Waals surface area contributed by atoms with Crippen LogP contribution in [-0.4, -0.2) is 31.1 Å². The molecule has 0 radical (unpaired) electrons. The van der Waals surface area contributed by atoms with Gasteiger partial charge in [-0.2, -0.15) is 13.2 Å². The summed E-state index contributed by atoms with van der Waals surface area (Å²) in [7, 11) is 0. The summed E-state index contributed by atoms with van der Waals surface area (Å²) in [4.78, 5) is 2.27. The van der Waals surface area contributed by atoms with Crippen LogP contribution in [0.25, 0.3) is 0 Å². The van der Waals surface area contributed by atoms with Crippen molar-refractivity contribution in [3.8, 4) is 0 Å². The highest BCUT2D eigenvalue weighted by molar-refractivity contribution is 6.32. The summed E-state index contributed by atoms with van der Waals surface area (Å²) in [5.41, 5.74) is -0.0849. The predicted octanol–water partition coefficient (Wildman–Crippen LogP) is 4.56. The molecule has 0 spiro atoms. The van der Waals surface area contributed by atoms with Crippen molar-refractivity contribution in [1.82, 2.24) is 10.2 Å². The molecule has 132 valence electrons. The van der Waals surface area contributed by atoms with Crippen LogP contribution < -0.4 is 5.32 Å². The molecule has 1 saturated carbocycles. The topological polar surface area (TPSA) is 15.3 Å². The van der Waals surface area contributed by atoms with Crippen LogP contribution in [0.2, 0.25) is 5.02 Å². The van der Waals surface area contributed by atoms with E-state index in [-0.39, 0.29) is 35.9 Å². The molecule has 2 aliphatic rings. The van der Waals surface area contributed by atoms with Gasteiger partial charge < -0.3 is 5.32 Å². The average Bonchev–Trinajstić information content (AvgIpc) is 3.26. The van der Waals surface area contributed by atoms with Gasteiger partial charge in [-0.1, -0.05) is 23.7 Å². The average molecular weight is 392 g/mol. The van der Waals surface area contributed by atoms with Crippen molar-refractivity contribution in [2.45, 2.75) is 25.1 Å². The maximum Gasteiger partial charge on any atom is 0.417 e.